The minimum absolute atomic E-state index is 0.376. The molecule has 1 N–H and O–H groups in total. The lowest BCUT2D eigenvalue weighted by molar-refractivity contribution is 0.543. The van der Waals surface area contributed by atoms with Gasteiger partial charge >= 0.3 is 0 Å². The summed E-state index contributed by atoms with van der Waals surface area (Å²) in [7, 11) is 0. The Hall–Kier alpha value is -2.09. The zero-order chi connectivity index (χ0) is 14.7. The fourth-order valence-electron chi connectivity index (χ4n) is 2.49. The molecule has 1 atom stereocenters. The molecule has 0 fully saturated rings. The molecular formula is C17H17N3S. The van der Waals surface area contributed by atoms with Crippen LogP contribution in [0.15, 0.2) is 48.0 Å². The SMILES string of the molecule is CC(NCCn1ccc2ccc(C#N)cc21)c1cccs1. The molecule has 0 saturated heterocycles. The number of aromatic nitrogens is 1. The maximum atomic E-state index is 9.01. The molecule has 0 aliphatic carbocycles. The lowest BCUT2D eigenvalue weighted by Gasteiger charge is -2.13. The molecule has 0 radical (unpaired) electrons. The second kappa shape index (κ2) is 6.13. The molecule has 4 heteroatoms. The third kappa shape index (κ3) is 2.99. The summed E-state index contributed by atoms with van der Waals surface area (Å²) in [5.41, 5.74) is 1.84. The highest BCUT2D eigenvalue weighted by Crippen LogP contribution is 2.19. The summed E-state index contributed by atoms with van der Waals surface area (Å²) < 4.78 is 2.20. The molecule has 0 saturated carbocycles. The fraction of sp³-hybridized carbons (Fsp3) is 0.235. The van der Waals surface area contributed by atoms with Crippen LogP contribution in [0.4, 0.5) is 0 Å². The molecule has 3 rings (SSSR count). The molecule has 2 heterocycles. The van der Waals surface area contributed by atoms with Crippen molar-refractivity contribution in [3.8, 4) is 6.07 Å². The maximum absolute atomic E-state index is 9.01. The quantitative estimate of drug-likeness (QED) is 0.775. The van der Waals surface area contributed by atoms with Gasteiger partial charge in [-0.05, 0) is 42.0 Å². The zero-order valence-corrected chi connectivity index (χ0v) is 12.7. The predicted octanol–water partition coefficient (Wildman–Crippen LogP) is 3.93. The maximum Gasteiger partial charge on any atom is 0.0992 e. The predicted molar refractivity (Wildman–Crippen MR) is 87.4 cm³/mol. The lowest BCUT2D eigenvalue weighted by atomic mass is 10.2. The summed E-state index contributed by atoms with van der Waals surface area (Å²) in [6.07, 6.45) is 2.09. The first kappa shape index (κ1) is 13.9. The van der Waals surface area contributed by atoms with Crippen LogP contribution >= 0.6 is 11.3 Å². The number of nitrogens with one attached hydrogen (secondary N) is 1. The Kier molecular flexibility index (Phi) is 4.05. The van der Waals surface area contributed by atoms with Crippen molar-refractivity contribution in [2.24, 2.45) is 0 Å². The second-order valence-electron chi connectivity index (χ2n) is 5.09. The largest absolute Gasteiger partial charge is 0.346 e. The smallest absolute Gasteiger partial charge is 0.0992 e. The summed E-state index contributed by atoms with van der Waals surface area (Å²) in [6.45, 7) is 3.99. The van der Waals surface area contributed by atoms with Crippen molar-refractivity contribution in [2.75, 3.05) is 6.54 Å². The van der Waals surface area contributed by atoms with E-state index < -0.39 is 0 Å². The molecule has 21 heavy (non-hydrogen) atoms. The van der Waals surface area contributed by atoms with Gasteiger partial charge in [0.15, 0.2) is 0 Å². The normalized spacial score (nSPS) is 12.4. The van der Waals surface area contributed by atoms with Crippen LogP contribution in [0.25, 0.3) is 10.9 Å². The van der Waals surface area contributed by atoms with Gasteiger partial charge in [0.1, 0.15) is 0 Å². The fourth-order valence-corrected chi connectivity index (χ4v) is 3.25. The van der Waals surface area contributed by atoms with Gasteiger partial charge in [-0.3, -0.25) is 0 Å². The molecule has 1 unspecified atom stereocenters. The topological polar surface area (TPSA) is 40.8 Å². The van der Waals surface area contributed by atoms with E-state index in [0.717, 1.165) is 18.6 Å². The van der Waals surface area contributed by atoms with Crippen LogP contribution in [0.5, 0.6) is 0 Å². The molecule has 0 spiro atoms. The highest BCUT2D eigenvalue weighted by molar-refractivity contribution is 7.10. The van der Waals surface area contributed by atoms with Crippen molar-refractivity contribution >= 4 is 22.2 Å². The van der Waals surface area contributed by atoms with Gasteiger partial charge in [-0.1, -0.05) is 12.1 Å². The van der Waals surface area contributed by atoms with Crippen molar-refractivity contribution in [1.29, 1.82) is 5.26 Å². The molecule has 106 valence electrons. The first-order valence-electron chi connectivity index (χ1n) is 7.04. The number of thiophene rings is 1. The molecule has 3 nitrogen and oxygen atoms in total. The summed E-state index contributed by atoms with van der Waals surface area (Å²) in [4.78, 5) is 1.36. The van der Waals surface area contributed by atoms with Crippen molar-refractivity contribution < 1.29 is 0 Å². The molecule has 0 amide bonds. The van der Waals surface area contributed by atoms with Crippen molar-refractivity contribution in [2.45, 2.75) is 19.5 Å². The van der Waals surface area contributed by atoms with Crippen LogP contribution in [-0.2, 0) is 6.54 Å². The molecule has 1 aromatic carbocycles. The van der Waals surface area contributed by atoms with Crippen LogP contribution < -0.4 is 5.32 Å². The van der Waals surface area contributed by atoms with E-state index in [1.807, 2.05) is 18.2 Å². The number of nitrogens with zero attached hydrogens (tertiary/aromatic N) is 2. The third-order valence-corrected chi connectivity index (χ3v) is 4.73. The van der Waals surface area contributed by atoms with Crippen LogP contribution in [0, 0.1) is 11.3 Å². The molecule has 0 bridgehead atoms. The molecular weight excluding hydrogens is 278 g/mol. The first-order chi connectivity index (χ1) is 10.3. The minimum Gasteiger partial charge on any atom is -0.346 e. The molecule has 3 aromatic rings. The number of nitriles is 1. The summed E-state index contributed by atoms with van der Waals surface area (Å²) in [6, 6.07) is 14.7. The van der Waals surface area contributed by atoms with Crippen LogP contribution in [0.3, 0.4) is 0 Å². The van der Waals surface area contributed by atoms with E-state index in [1.165, 1.54) is 10.3 Å². The molecule has 2 aromatic heterocycles. The Morgan fingerprint density at radius 3 is 3.00 bits per heavy atom. The van der Waals surface area contributed by atoms with Crippen LogP contribution in [-0.4, -0.2) is 11.1 Å². The van der Waals surface area contributed by atoms with E-state index in [0.29, 0.717) is 11.6 Å². The summed E-state index contributed by atoms with van der Waals surface area (Å²) >= 11 is 1.78. The monoisotopic (exact) mass is 295 g/mol. The number of hydrogen-bond acceptors (Lipinski definition) is 3. The van der Waals surface area contributed by atoms with Gasteiger partial charge in [-0.25, -0.2) is 0 Å². The average Bonchev–Trinajstić information content (AvgIpc) is 3.16. The van der Waals surface area contributed by atoms with E-state index in [4.69, 9.17) is 5.26 Å². The first-order valence-corrected chi connectivity index (χ1v) is 7.91. The van der Waals surface area contributed by atoms with E-state index >= 15 is 0 Å². The number of benzene rings is 1. The number of fused-ring (bicyclic) bond motifs is 1. The average molecular weight is 295 g/mol. The van der Waals surface area contributed by atoms with Gasteiger partial charge in [0, 0.05) is 35.7 Å². The summed E-state index contributed by atoms with van der Waals surface area (Å²) in [5.74, 6) is 0. The Bertz CT molecular complexity index is 765. The van der Waals surface area contributed by atoms with Gasteiger partial charge in [0.25, 0.3) is 0 Å². The van der Waals surface area contributed by atoms with Gasteiger partial charge in [-0.15, -0.1) is 11.3 Å². The molecule has 0 aliphatic heterocycles. The lowest BCUT2D eigenvalue weighted by Crippen LogP contribution is -2.22. The van der Waals surface area contributed by atoms with Crippen molar-refractivity contribution in [1.82, 2.24) is 9.88 Å². The Labute approximate surface area is 128 Å². The zero-order valence-electron chi connectivity index (χ0n) is 11.9. The standard InChI is InChI=1S/C17H17N3S/c1-13(17-3-2-10-21-17)19-7-9-20-8-6-15-5-4-14(12-18)11-16(15)20/h2-6,8,10-11,13,19H,7,9H2,1H3. The number of hydrogen-bond donors (Lipinski definition) is 1. The van der Waals surface area contributed by atoms with Gasteiger partial charge < -0.3 is 9.88 Å². The van der Waals surface area contributed by atoms with Crippen molar-refractivity contribution in [3.05, 3.63) is 58.4 Å². The Morgan fingerprint density at radius 2 is 2.24 bits per heavy atom. The van der Waals surface area contributed by atoms with E-state index in [2.05, 4.69) is 52.7 Å². The highest BCUT2D eigenvalue weighted by atomic mass is 32.1. The van der Waals surface area contributed by atoms with Crippen LogP contribution in [0.1, 0.15) is 23.4 Å². The molecule has 0 aliphatic rings. The van der Waals surface area contributed by atoms with Gasteiger partial charge in [0.05, 0.1) is 11.6 Å². The van der Waals surface area contributed by atoms with E-state index in [9.17, 15) is 0 Å². The van der Waals surface area contributed by atoms with E-state index in [1.54, 1.807) is 11.3 Å². The van der Waals surface area contributed by atoms with Crippen LogP contribution in [0.2, 0.25) is 0 Å². The number of rotatable bonds is 5. The highest BCUT2D eigenvalue weighted by Gasteiger charge is 2.06. The minimum atomic E-state index is 0.376. The van der Waals surface area contributed by atoms with Gasteiger partial charge in [0.2, 0.25) is 0 Å². The van der Waals surface area contributed by atoms with Gasteiger partial charge in [-0.2, -0.15) is 5.26 Å². The Balaban J connectivity index is 1.67. The Morgan fingerprint density at radius 1 is 1.33 bits per heavy atom. The van der Waals surface area contributed by atoms with Crippen molar-refractivity contribution in [3.63, 3.8) is 0 Å². The third-order valence-electron chi connectivity index (χ3n) is 3.68. The second-order valence-corrected chi connectivity index (χ2v) is 6.07. The van der Waals surface area contributed by atoms with E-state index in [-0.39, 0.29) is 0 Å². The summed E-state index contributed by atoms with van der Waals surface area (Å²) in [5, 5.41) is 15.8.